The van der Waals surface area contributed by atoms with Crippen molar-refractivity contribution in [3.63, 3.8) is 0 Å². The molecule has 0 radical (unpaired) electrons. The van der Waals surface area contributed by atoms with Gasteiger partial charge in [-0.3, -0.25) is 9.69 Å². The Morgan fingerprint density at radius 1 is 1.15 bits per heavy atom. The number of carbonyl (C=O) groups is 2. The first-order valence-corrected chi connectivity index (χ1v) is 8.59. The van der Waals surface area contributed by atoms with Crippen LogP contribution in [0.15, 0.2) is 69.8 Å². The van der Waals surface area contributed by atoms with Crippen LogP contribution in [0.1, 0.15) is 12.5 Å². The molecule has 132 valence electrons. The van der Waals surface area contributed by atoms with Crippen molar-refractivity contribution in [1.82, 2.24) is 0 Å². The summed E-state index contributed by atoms with van der Waals surface area (Å²) in [6, 6.07) is 13.2. The topological polar surface area (TPSA) is 46.6 Å². The summed E-state index contributed by atoms with van der Waals surface area (Å²) in [5, 5.41) is 0. The van der Waals surface area contributed by atoms with Crippen LogP contribution < -0.4 is 4.90 Å². The largest absolute Gasteiger partial charge is 0.465 e. The Labute approximate surface area is 158 Å². The van der Waals surface area contributed by atoms with Gasteiger partial charge in [0.1, 0.15) is 5.82 Å². The van der Waals surface area contributed by atoms with Crippen molar-refractivity contribution in [2.45, 2.75) is 6.92 Å². The maximum absolute atomic E-state index is 14.3. The summed E-state index contributed by atoms with van der Waals surface area (Å²) in [7, 11) is 1.24. The number of hydrogen-bond acceptors (Lipinski definition) is 3. The van der Waals surface area contributed by atoms with Crippen LogP contribution in [0.4, 0.5) is 10.1 Å². The van der Waals surface area contributed by atoms with E-state index in [2.05, 4.69) is 15.9 Å². The van der Waals surface area contributed by atoms with Gasteiger partial charge in [-0.25, -0.2) is 9.18 Å². The molecule has 0 N–H and O–H groups in total. The standard InChI is InChI=1S/C20H15BrFNO3/c1-12-18(20(25)26-2)14(11-13-7-3-4-8-15(13)21)19(24)23(12)17-10-6-5-9-16(17)22/h3-11H,1-2H3/b14-11-. The molecule has 1 heterocycles. The van der Waals surface area contributed by atoms with Gasteiger partial charge in [-0.1, -0.05) is 46.3 Å². The molecule has 1 aliphatic rings. The van der Waals surface area contributed by atoms with Gasteiger partial charge >= 0.3 is 5.97 Å². The minimum Gasteiger partial charge on any atom is -0.465 e. The number of hydrogen-bond donors (Lipinski definition) is 0. The Morgan fingerprint density at radius 2 is 1.81 bits per heavy atom. The normalized spacial score (nSPS) is 15.8. The highest BCUT2D eigenvalue weighted by Crippen LogP contribution is 2.37. The number of methoxy groups -OCH3 is 1. The zero-order chi connectivity index (χ0) is 18.8. The molecule has 0 unspecified atom stereocenters. The molecule has 3 rings (SSSR count). The molecule has 1 aliphatic heterocycles. The number of para-hydroxylation sites is 1. The van der Waals surface area contributed by atoms with E-state index in [9.17, 15) is 14.0 Å². The number of benzene rings is 2. The summed E-state index contributed by atoms with van der Waals surface area (Å²) < 4.78 is 19.9. The molecule has 0 aliphatic carbocycles. The second-order valence-corrected chi connectivity index (χ2v) is 6.48. The minimum absolute atomic E-state index is 0.0898. The van der Waals surface area contributed by atoms with Crippen LogP contribution in [0.2, 0.25) is 0 Å². The lowest BCUT2D eigenvalue weighted by Crippen LogP contribution is -2.25. The Bertz CT molecular complexity index is 965. The Morgan fingerprint density at radius 3 is 2.46 bits per heavy atom. The van der Waals surface area contributed by atoms with Crippen molar-refractivity contribution >= 4 is 39.6 Å². The second kappa shape index (κ2) is 7.25. The lowest BCUT2D eigenvalue weighted by molar-refractivity contribution is -0.136. The SMILES string of the molecule is COC(=O)C1=C(C)N(c2ccccc2F)C(=O)/C1=C\c1ccccc1Br. The van der Waals surface area contributed by atoms with Gasteiger partial charge in [-0.2, -0.15) is 0 Å². The Balaban J connectivity index is 2.20. The summed E-state index contributed by atoms with van der Waals surface area (Å²) in [4.78, 5) is 26.6. The zero-order valence-electron chi connectivity index (χ0n) is 14.1. The number of allylic oxidation sites excluding steroid dienone is 1. The predicted molar refractivity (Wildman–Crippen MR) is 101 cm³/mol. The molecule has 6 heteroatoms. The lowest BCUT2D eigenvalue weighted by Gasteiger charge is -2.18. The summed E-state index contributed by atoms with van der Waals surface area (Å²) in [6.45, 7) is 1.59. The molecule has 0 fully saturated rings. The summed E-state index contributed by atoms with van der Waals surface area (Å²) >= 11 is 3.42. The molecule has 0 saturated carbocycles. The van der Waals surface area contributed by atoms with Crippen molar-refractivity contribution in [2.24, 2.45) is 0 Å². The molecule has 26 heavy (non-hydrogen) atoms. The van der Waals surface area contributed by atoms with Crippen LogP contribution in [-0.2, 0) is 14.3 Å². The molecule has 0 bridgehead atoms. The number of carbonyl (C=O) groups excluding carboxylic acids is 2. The maximum Gasteiger partial charge on any atom is 0.340 e. The van der Waals surface area contributed by atoms with Crippen molar-refractivity contribution in [3.8, 4) is 0 Å². The van der Waals surface area contributed by atoms with Gasteiger partial charge in [0.05, 0.1) is 23.9 Å². The fourth-order valence-corrected chi connectivity index (χ4v) is 3.25. The minimum atomic E-state index is -0.645. The highest BCUT2D eigenvalue weighted by Gasteiger charge is 2.38. The average molecular weight is 416 g/mol. The van der Waals surface area contributed by atoms with Crippen LogP contribution in [-0.4, -0.2) is 19.0 Å². The monoisotopic (exact) mass is 415 g/mol. The third-order valence-corrected chi connectivity index (χ3v) is 4.81. The highest BCUT2D eigenvalue weighted by atomic mass is 79.9. The number of halogens is 2. The van der Waals surface area contributed by atoms with E-state index in [1.807, 2.05) is 18.2 Å². The Hall–Kier alpha value is -2.73. The van der Waals surface area contributed by atoms with Crippen LogP contribution in [0.5, 0.6) is 0 Å². The van der Waals surface area contributed by atoms with E-state index in [-0.39, 0.29) is 16.8 Å². The smallest absolute Gasteiger partial charge is 0.340 e. The molecule has 0 atom stereocenters. The molecular weight excluding hydrogens is 401 g/mol. The predicted octanol–water partition coefficient (Wildman–Crippen LogP) is 4.47. The van der Waals surface area contributed by atoms with E-state index < -0.39 is 17.7 Å². The number of esters is 1. The highest BCUT2D eigenvalue weighted by molar-refractivity contribution is 9.10. The van der Waals surface area contributed by atoms with Gasteiger partial charge < -0.3 is 4.74 Å². The third-order valence-electron chi connectivity index (χ3n) is 4.09. The third kappa shape index (κ3) is 3.08. The van der Waals surface area contributed by atoms with Gasteiger partial charge in [0, 0.05) is 10.2 Å². The number of anilines is 1. The van der Waals surface area contributed by atoms with E-state index in [1.54, 1.807) is 25.1 Å². The molecule has 0 spiro atoms. The van der Waals surface area contributed by atoms with Crippen LogP contribution in [0, 0.1) is 5.82 Å². The number of amides is 1. The fraction of sp³-hybridized carbons (Fsp3) is 0.100. The molecule has 0 aromatic heterocycles. The second-order valence-electron chi connectivity index (χ2n) is 5.62. The van der Waals surface area contributed by atoms with Gasteiger partial charge in [0.2, 0.25) is 0 Å². The lowest BCUT2D eigenvalue weighted by atomic mass is 10.0. The van der Waals surface area contributed by atoms with E-state index in [0.717, 1.165) is 10.0 Å². The first-order valence-electron chi connectivity index (χ1n) is 7.80. The van der Waals surface area contributed by atoms with Crippen LogP contribution in [0.3, 0.4) is 0 Å². The van der Waals surface area contributed by atoms with Crippen LogP contribution >= 0.6 is 15.9 Å². The van der Waals surface area contributed by atoms with Gasteiger partial charge in [0.25, 0.3) is 5.91 Å². The molecular formula is C20H15BrFNO3. The van der Waals surface area contributed by atoms with Gasteiger partial charge in [-0.05, 0) is 36.8 Å². The average Bonchev–Trinajstić information content (AvgIpc) is 2.87. The summed E-state index contributed by atoms with van der Waals surface area (Å²) in [6.07, 6.45) is 1.60. The van der Waals surface area contributed by atoms with Crippen molar-refractivity contribution < 1.29 is 18.7 Å². The zero-order valence-corrected chi connectivity index (χ0v) is 15.7. The van der Waals surface area contributed by atoms with Crippen LogP contribution in [0.25, 0.3) is 6.08 Å². The van der Waals surface area contributed by atoms with Crippen molar-refractivity contribution in [3.05, 3.63) is 81.2 Å². The quantitative estimate of drug-likeness (QED) is 0.548. The molecule has 4 nitrogen and oxygen atoms in total. The summed E-state index contributed by atoms with van der Waals surface area (Å²) in [5.74, 6) is -1.68. The maximum atomic E-state index is 14.3. The molecule has 2 aromatic carbocycles. The summed E-state index contributed by atoms with van der Waals surface area (Å²) in [5.41, 5.74) is 1.42. The molecule has 1 amide bonds. The number of ether oxygens (including phenoxy) is 1. The first-order chi connectivity index (χ1) is 12.5. The number of nitrogens with zero attached hydrogens (tertiary/aromatic N) is 1. The van der Waals surface area contributed by atoms with Gasteiger partial charge in [-0.15, -0.1) is 0 Å². The van der Waals surface area contributed by atoms with Crippen molar-refractivity contribution in [2.75, 3.05) is 12.0 Å². The van der Waals surface area contributed by atoms with E-state index in [0.29, 0.717) is 5.70 Å². The molecule has 2 aromatic rings. The molecule has 0 saturated heterocycles. The first kappa shape index (κ1) is 18.1. The van der Waals surface area contributed by atoms with E-state index >= 15 is 0 Å². The number of rotatable bonds is 3. The Kier molecular flexibility index (Phi) is 5.04. The van der Waals surface area contributed by atoms with E-state index in [4.69, 9.17) is 4.74 Å². The van der Waals surface area contributed by atoms with Crippen molar-refractivity contribution in [1.29, 1.82) is 0 Å². The van der Waals surface area contributed by atoms with E-state index in [1.165, 1.54) is 30.2 Å². The van der Waals surface area contributed by atoms with Gasteiger partial charge in [0.15, 0.2) is 0 Å². The fourth-order valence-electron chi connectivity index (χ4n) is 2.85.